The van der Waals surface area contributed by atoms with Gasteiger partial charge in [-0.25, -0.2) is 0 Å². The molecule has 239 valence electrons. The number of allylic oxidation sites excluding steroid dienone is 1. The van der Waals surface area contributed by atoms with Gasteiger partial charge in [0.25, 0.3) is 0 Å². The number of halogens is 2. The van der Waals surface area contributed by atoms with Crippen LogP contribution in [-0.2, 0) is 39.0 Å². The van der Waals surface area contributed by atoms with Crippen molar-refractivity contribution >= 4 is 17.7 Å². The zero-order chi connectivity index (χ0) is 31.2. The quantitative estimate of drug-likeness (QED) is 0.226. The van der Waals surface area contributed by atoms with Gasteiger partial charge in [0.15, 0.2) is 0 Å². The minimum atomic E-state index is 0. The Hall–Kier alpha value is -3.74. The van der Waals surface area contributed by atoms with Crippen molar-refractivity contribution in [3.63, 3.8) is 0 Å². The van der Waals surface area contributed by atoms with Crippen LogP contribution in [0.2, 0.25) is 0 Å². The topological polar surface area (TPSA) is 0 Å². The third kappa shape index (κ3) is 6.39. The summed E-state index contributed by atoms with van der Waals surface area (Å²) in [6.45, 7) is 6.89. The second-order valence-electron chi connectivity index (χ2n) is 12.6. The van der Waals surface area contributed by atoms with Gasteiger partial charge >= 0.3 is 26.2 Å². The molecule has 0 bridgehead atoms. The first-order valence-corrected chi connectivity index (χ1v) is 16.6. The summed E-state index contributed by atoms with van der Waals surface area (Å²) < 4.78 is 0. The van der Waals surface area contributed by atoms with Gasteiger partial charge in [-0.05, 0) is 63.9 Å². The van der Waals surface area contributed by atoms with Crippen molar-refractivity contribution in [3.8, 4) is 22.3 Å². The molecular formula is C46H37Cl2Zr. The third-order valence-corrected chi connectivity index (χ3v) is 9.92. The Labute approximate surface area is 322 Å². The van der Waals surface area contributed by atoms with E-state index in [1.165, 1.54) is 88.3 Å². The number of rotatable bonds is 6. The maximum atomic E-state index is 3.98. The van der Waals surface area contributed by atoms with Crippen LogP contribution >= 0.6 is 0 Å². The molecule has 2 aliphatic rings. The standard InChI is InChI=1S/C46H37.2ClH.Zr/c1-4-31-24-25-38-35(27-31)28-42-41(38)29-43(45(33-18-11-7-12-19-33)34-20-13-8-14-21-34)36(5-2)46(42)44-30(3)26-40-37(22-15-23-39(40)44)32-16-9-6-10-17-32;;;/h6-27,29,44H,4-5H2,1-3H3;2*1H;/q-1;;;+3/p-2. The van der Waals surface area contributed by atoms with E-state index < -0.39 is 0 Å². The molecule has 1 radical (unpaired) electrons. The molecule has 49 heavy (non-hydrogen) atoms. The van der Waals surface area contributed by atoms with Gasteiger partial charge in [0, 0.05) is 5.92 Å². The van der Waals surface area contributed by atoms with E-state index in [0.29, 0.717) is 0 Å². The molecule has 0 spiro atoms. The first kappa shape index (κ1) is 36.5. The van der Waals surface area contributed by atoms with E-state index in [4.69, 9.17) is 0 Å². The zero-order valence-corrected chi connectivity index (χ0v) is 32.0. The van der Waals surface area contributed by atoms with Crippen LogP contribution in [-0.4, -0.2) is 0 Å². The van der Waals surface area contributed by atoms with Crippen molar-refractivity contribution in [1.29, 1.82) is 0 Å². The van der Waals surface area contributed by atoms with E-state index in [2.05, 4.69) is 166 Å². The van der Waals surface area contributed by atoms with Crippen molar-refractivity contribution in [2.24, 2.45) is 0 Å². The molecule has 0 aliphatic heterocycles. The SMILES string of the molecule is CCc1ccc2c(c1)[C-]=c1c-2cc(=C(c2ccccc2)c2ccccc2)c(CC)c1C1C(C)=Cc2c(-c3ccccc3)cccc21.[Cl-].[Cl-].[Zr+3]. The summed E-state index contributed by atoms with van der Waals surface area (Å²) in [7, 11) is 0. The zero-order valence-electron chi connectivity index (χ0n) is 28.0. The summed E-state index contributed by atoms with van der Waals surface area (Å²) in [4.78, 5) is 0. The predicted octanol–water partition coefficient (Wildman–Crippen LogP) is 3.97. The van der Waals surface area contributed by atoms with Gasteiger partial charge in [-0.2, -0.15) is 0 Å². The van der Waals surface area contributed by atoms with E-state index in [0.717, 1.165) is 12.8 Å². The number of hydrogen-bond acceptors (Lipinski definition) is 0. The van der Waals surface area contributed by atoms with Crippen molar-refractivity contribution < 1.29 is 51.0 Å². The number of aryl methyl sites for hydroxylation is 1. The second-order valence-corrected chi connectivity index (χ2v) is 12.6. The monoisotopic (exact) mass is 749 g/mol. The summed E-state index contributed by atoms with van der Waals surface area (Å²) >= 11 is 0. The summed E-state index contributed by atoms with van der Waals surface area (Å²) in [6, 6.07) is 49.1. The minimum absolute atomic E-state index is 0. The first-order chi connectivity index (χ1) is 22.7. The molecule has 0 fully saturated rings. The Morgan fingerprint density at radius 3 is 1.88 bits per heavy atom. The predicted molar refractivity (Wildman–Crippen MR) is 194 cm³/mol. The van der Waals surface area contributed by atoms with Crippen LogP contribution in [0.3, 0.4) is 0 Å². The van der Waals surface area contributed by atoms with E-state index >= 15 is 0 Å². The molecule has 1 atom stereocenters. The molecule has 2 aliphatic carbocycles. The van der Waals surface area contributed by atoms with Gasteiger partial charge in [-0.3, -0.25) is 0 Å². The average molecular weight is 752 g/mol. The minimum Gasteiger partial charge on any atom is -1.00 e. The van der Waals surface area contributed by atoms with E-state index in [1.54, 1.807) is 0 Å². The molecule has 0 heterocycles. The van der Waals surface area contributed by atoms with Gasteiger partial charge in [0.05, 0.1) is 0 Å². The fourth-order valence-electron chi connectivity index (χ4n) is 7.79. The number of hydrogen-bond donors (Lipinski definition) is 0. The molecule has 6 aromatic carbocycles. The average Bonchev–Trinajstić information content (AvgIpc) is 3.65. The van der Waals surface area contributed by atoms with Gasteiger partial charge in [0.2, 0.25) is 0 Å². The van der Waals surface area contributed by atoms with Crippen LogP contribution in [0, 0.1) is 0 Å². The molecule has 0 saturated carbocycles. The van der Waals surface area contributed by atoms with Crippen LogP contribution in [0.4, 0.5) is 0 Å². The Bertz CT molecular complexity index is 2230. The molecule has 3 heteroatoms. The maximum absolute atomic E-state index is 3.98. The van der Waals surface area contributed by atoms with E-state index in [-0.39, 0.29) is 56.9 Å². The summed E-state index contributed by atoms with van der Waals surface area (Å²) in [5.74, 6) is 0.155. The summed E-state index contributed by atoms with van der Waals surface area (Å²) in [5.41, 5.74) is 18.4. The molecular weight excluding hydrogens is 715 g/mol. The van der Waals surface area contributed by atoms with E-state index in [1.807, 2.05) is 0 Å². The number of benzene rings is 6. The van der Waals surface area contributed by atoms with Crippen LogP contribution in [0.1, 0.15) is 71.2 Å². The Morgan fingerprint density at radius 2 is 1.27 bits per heavy atom. The Morgan fingerprint density at radius 1 is 0.633 bits per heavy atom. The molecule has 6 aromatic rings. The Balaban J connectivity index is 0.00000156. The normalized spacial score (nSPS) is 13.4. The van der Waals surface area contributed by atoms with Crippen LogP contribution in [0.15, 0.2) is 139 Å². The molecule has 1 unspecified atom stereocenters. The summed E-state index contributed by atoms with van der Waals surface area (Å²) in [6.07, 6.45) is 8.37. The first-order valence-electron chi connectivity index (χ1n) is 16.6. The second kappa shape index (κ2) is 15.4. The number of fused-ring (bicyclic) bond motifs is 4. The maximum Gasteiger partial charge on any atom is 3.00 e. The smallest absolute Gasteiger partial charge is 1.00 e. The molecule has 0 nitrogen and oxygen atoms in total. The molecule has 0 aromatic heterocycles. The van der Waals surface area contributed by atoms with Crippen LogP contribution < -0.4 is 35.3 Å². The Kier molecular flexibility index (Phi) is 11.5. The van der Waals surface area contributed by atoms with Gasteiger partial charge in [-0.15, -0.1) is 34.1 Å². The molecule has 0 saturated heterocycles. The van der Waals surface area contributed by atoms with Gasteiger partial charge in [-0.1, -0.05) is 170 Å². The summed E-state index contributed by atoms with van der Waals surface area (Å²) in [5, 5.41) is 2.59. The molecule has 0 N–H and O–H groups in total. The fraction of sp³-hybridized carbons (Fsp3) is 0.130. The van der Waals surface area contributed by atoms with Crippen molar-refractivity contribution in [3.05, 3.63) is 194 Å². The fourth-order valence-corrected chi connectivity index (χ4v) is 7.79. The van der Waals surface area contributed by atoms with Crippen molar-refractivity contribution in [2.75, 3.05) is 0 Å². The largest absolute Gasteiger partial charge is 3.00 e. The molecule has 0 amide bonds. The third-order valence-electron chi connectivity index (χ3n) is 9.92. The van der Waals surface area contributed by atoms with Gasteiger partial charge < -0.3 is 24.8 Å². The van der Waals surface area contributed by atoms with Crippen LogP contribution in [0.25, 0.3) is 40.0 Å². The van der Waals surface area contributed by atoms with E-state index in [9.17, 15) is 0 Å². The van der Waals surface area contributed by atoms with Crippen LogP contribution in [0.5, 0.6) is 0 Å². The van der Waals surface area contributed by atoms with Crippen molar-refractivity contribution in [2.45, 2.75) is 39.5 Å². The molecule has 8 rings (SSSR count). The van der Waals surface area contributed by atoms with Gasteiger partial charge in [0.1, 0.15) is 0 Å². The van der Waals surface area contributed by atoms with Crippen molar-refractivity contribution in [1.82, 2.24) is 0 Å².